The van der Waals surface area contributed by atoms with E-state index < -0.39 is 16.3 Å². The van der Waals surface area contributed by atoms with Crippen molar-refractivity contribution in [2.24, 2.45) is 5.41 Å². The van der Waals surface area contributed by atoms with Crippen molar-refractivity contribution in [1.82, 2.24) is 0 Å². The van der Waals surface area contributed by atoms with Gasteiger partial charge in [-0.2, -0.15) is 0 Å². The van der Waals surface area contributed by atoms with E-state index in [1.54, 1.807) is 26.8 Å². The number of hydrogen-bond donors (Lipinski definition) is 1. The highest BCUT2D eigenvalue weighted by molar-refractivity contribution is 9.10. The lowest BCUT2D eigenvalue weighted by Crippen LogP contribution is -2.24. The number of hydrogen-bond acceptors (Lipinski definition) is 4. The Kier molecular flexibility index (Phi) is 5.71. The maximum Gasteiger partial charge on any atom is 0.312 e. The Hall–Kier alpha value is -1.63. The van der Waals surface area contributed by atoms with Crippen molar-refractivity contribution in [3.05, 3.63) is 32.3 Å². The molecule has 0 heterocycles. The Morgan fingerprint density at radius 3 is 2.62 bits per heavy atom. The average molecular weight is 360 g/mol. The molecule has 0 fully saturated rings. The number of ether oxygens (including phenoxy) is 1. The smallest absolute Gasteiger partial charge is 0.312 e. The van der Waals surface area contributed by atoms with Crippen LogP contribution in [0.5, 0.6) is 5.75 Å². The third kappa shape index (κ3) is 4.70. The van der Waals surface area contributed by atoms with Crippen molar-refractivity contribution >= 4 is 27.6 Å². The number of carboxylic acid groups (broad SMARTS) is 1. The molecular formula is C14H18BrNO5. The van der Waals surface area contributed by atoms with Gasteiger partial charge in [-0.3, -0.25) is 14.9 Å². The van der Waals surface area contributed by atoms with Crippen LogP contribution in [0.15, 0.2) is 16.6 Å². The molecule has 0 aliphatic carbocycles. The molecular weight excluding hydrogens is 342 g/mol. The topological polar surface area (TPSA) is 89.7 Å². The van der Waals surface area contributed by atoms with Gasteiger partial charge in [0, 0.05) is 10.5 Å². The quantitative estimate of drug-likeness (QED) is 0.452. The lowest BCUT2D eigenvalue weighted by atomic mass is 9.88. The highest BCUT2D eigenvalue weighted by atomic mass is 79.9. The molecule has 1 aromatic rings. The van der Waals surface area contributed by atoms with E-state index in [0.29, 0.717) is 22.9 Å². The molecule has 0 spiro atoms. The molecule has 0 saturated heterocycles. The number of rotatable bonds is 7. The zero-order chi connectivity index (χ0) is 16.2. The van der Waals surface area contributed by atoms with Crippen LogP contribution in [0.3, 0.4) is 0 Å². The lowest BCUT2D eigenvalue weighted by Gasteiger charge is -2.18. The lowest BCUT2D eigenvalue weighted by molar-refractivity contribution is -0.386. The van der Waals surface area contributed by atoms with Gasteiger partial charge in [0.1, 0.15) is 0 Å². The summed E-state index contributed by atoms with van der Waals surface area (Å²) in [4.78, 5) is 21.5. The third-order valence-electron chi connectivity index (χ3n) is 3.19. The summed E-state index contributed by atoms with van der Waals surface area (Å²) in [5, 5.41) is 20.0. The number of aryl methyl sites for hydroxylation is 1. The average Bonchev–Trinajstić information content (AvgIpc) is 2.35. The number of carboxylic acids is 1. The molecule has 1 aromatic carbocycles. The molecule has 0 aliphatic heterocycles. The Labute approximate surface area is 131 Å². The van der Waals surface area contributed by atoms with Crippen molar-refractivity contribution in [3.8, 4) is 5.75 Å². The van der Waals surface area contributed by atoms with E-state index >= 15 is 0 Å². The van der Waals surface area contributed by atoms with Crippen LogP contribution in [-0.2, 0) is 4.79 Å². The van der Waals surface area contributed by atoms with E-state index in [-0.39, 0.29) is 18.0 Å². The largest absolute Gasteiger partial charge is 0.487 e. The Morgan fingerprint density at radius 2 is 2.10 bits per heavy atom. The molecule has 0 aliphatic rings. The van der Waals surface area contributed by atoms with Crippen LogP contribution in [-0.4, -0.2) is 22.6 Å². The molecule has 6 nitrogen and oxygen atoms in total. The van der Waals surface area contributed by atoms with Crippen LogP contribution in [0.2, 0.25) is 0 Å². The van der Waals surface area contributed by atoms with Gasteiger partial charge >= 0.3 is 11.7 Å². The van der Waals surface area contributed by atoms with E-state index in [1.807, 2.05) is 0 Å². The fourth-order valence-electron chi connectivity index (χ4n) is 1.83. The first kappa shape index (κ1) is 17.4. The molecule has 7 heteroatoms. The fraction of sp³-hybridized carbons (Fsp3) is 0.500. The summed E-state index contributed by atoms with van der Waals surface area (Å²) in [6.07, 6.45) is 0.942. The Balaban J connectivity index is 2.72. The minimum atomic E-state index is -0.867. The van der Waals surface area contributed by atoms with Gasteiger partial charge in [0.2, 0.25) is 0 Å². The maximum absolute atomic E-state index is 11.0. The summed E-state index contributed by atoms with van der Waals surface area (Å²) in [5.41, 5.74) is -0.266. The summed E-state index contributed by atoms with van der Waals surface area (Å²) in [6.45, 7) is 5.25. The van der Waals surface area contributed by atoms with E-state index in [4.69, 9.17) is 9.84 Å². The van der Waals surface area contributed by atoms with Crippen LogP contribution in [0, 0.1) is 22.5 Å². The number of nitro groups is 1. The number of benzene rings is 1. The van der Waals surface area contributed by atoms with E-state index in [0.717, 1.165) is 0 Å². The third-order valence-corrected chi connectivity index (χ3v) is 3.65. The Bertz CT molecular complexity index is 557. The van der Waals surface area contributed by atoms with Crippen molar-refractivity contribution in [3.63, 3.8) is 0 Å². The van der Waals surface area contributed by atoms with Gasteiger partial charge in [-0.05, 0) is 45.2 Å². The minimum Gasteiger partial charge on any atom is -0.487 e. The van der Waals surface area contributed by atoms with E-state index in [9.17, 15) is 14.9 Å². The van der Waals surface area contributed by atoms with Crippen molar-refractivity contribution in [2.75, 3.05) is 6.61 Å². The number of halogens is 1. The summed E-state index contributed by atoms with van der Waals surface area (Å²) >= 11 is 3.21. The molecule has 0 amide bonds. The van der Waals surface area contributed by atoms with Gasteiger partial charge in [-0.15, -0.1) is 0 Å². The molecule has 1 rings (SSSR count). The van der Waals surface area contributed by atoms with Crippen molar-refractivity contribution < 1.29 is 19.6 Å². The number of nitro benzene ring substituents is 1. The Morgan fingerprint density at radius 1 is 1.48 bits per heavy atom. The number of carbonyl (C=O) groups is 1. The van der Waals surface area contributed by atoms with Crippen molar-refractivity contribution in [2.45, 2.75) is 33.6 Å². The zero-order valence-corrected chi connectivity index (χ0v) is 13.8. The van der Waals surface area contributed by atoms with Gasteiger partial charge in [-0.1, -0.05) is 15.9 Å². The molecule has 0 saturated carbocycles. The summed E-state index contributed by atoms with van der Waals surface area (Å²) in [6, 6.07) is 3.13. The highest BCUT2D eigenvalue weighted by Gasteiger charge is 2.26. The van der Waals surface area contributed by atoms with Gasteiger partial charge in [0.25, 0.3) is 0 Å². The zero-order valence-electron chi connectivity index (χ0n) is 12.2. The van der Waals surface area contributed by atoms with Gasteiger partial charge < -0.3 is 9.84 Å². The second-order valence-electron chi connectivity index (χ2n) is 5.47. The molecule has 0 radical (unpaired) electrons. The maximum atomic E-state index is 11.0. The first-order valence-corrected chi connectivity index (χ1v) is 7.25. The number of aliphatic carboxylic acids is 1. The highest BCUT2D eigenvalue weighted by Crippen LogP contribution is 2.34. The van der Waals surface area contributed by atoms with E-state index in [2.05, 4.69) is 15.9 Å². The SMILES string of the molecule is Cc1cc(Br)cc([N+](=O)[O-])c1OCCCC(C)(C)C(=O)O. The van der Waals surface area contributed by atoms with Crippen LogP contribution >= 0.6 is 15.9 Å². The molecule has 0 aromatic heterocycles. The van der Waals surface area contributed by atoms with Gasteiger partial charge in [-0.25, -0.2) is 0 Å². The monoisotopic (exact) mass is 359 g/mol. The molecule has 0 unspecified atom stereocenters. The first-order chi connectivity index (χ1) is 9.65. The molecule has 1 N–H and O–H groups in total. The summed E-state index contributed by atoms with van der Waals surface area (Å²) in [5.74, 6) is -0.635. The fourth-order valence-corrected chi connectivity index (χ4v) is 2.39. The summed E-state index contributed by atoms with van der Waals surface area (Å²) in [7, 11) is 0. The van der Waals surface area contributed by atoms with Crippen molar-refractivity contribution in [1.29, 1.82) is 0 Å². The number of nitrogens with zero attached hydrogens (tertiary/aromatic N) is 1. The molecule has 116 valence electrons. The molecule has 21 heavy (non-hydrogen) atoms. The van der Waals surface area contributed by atoms with E-state index in [1.165, 1.54) is 6.07 Å². The normalized spacial score (nSPS) is 11.2. The van der Waals surface area contributed by atoms with Crippen LogP contribution in [0.4, 0.5) is 5.69 Å². The predicted octanol–water partition coefficient (Wildman–Crippen LogP) is 3.94. The molecule has 0 atom stereocenters. The van der Waals surface area contributed by atoms with Gasteiger partial charge in [0.15, 0.2) is 5.75 Å². The van der Waals surface area contributed by atoms with Crippen LogP contribution in [0.25, 0.3) is 0 Å². The second-order valence-corrected chi connectivity index (χ2v) is 6.38. The standard InChI is InChI=1S/C14H18BrNO5/c1-9-7-10(15)8-11(16(19)20)12(9)21-6-4-5-14(2,3)13(17)18/h7-8H,4-6H2,1-3H3,(H,17,18). The minimum absolute atomic E-state index is 0.0978. The first-order valence-electron chi connectivity index (χ1n) is 6.46. The predicted molar refractivity (Wildman–Crippen MR) is 81.7 cm³/mol. The second kappa shape index (κ2) is 6.89. The van der Waals surface area contributed by atoms with Crippen LogP contribution < -0.4 is 4.74 Å². The van der Waals surface area contributed by atoms with Crippen LogP contribution in [0.1, 0.15) is 32.3 Å². The molecule has 0 bridgehead atoms. The summed E-state index contributed by atoms with van der Waals surface area (Å²) < 4.78 is 6.12. The van der Waals surface area contributed by atoms with Gasteiger partial charge in [0.05, 0.1) is 16.9 Å².